The van der Waals surface area contributed by atoms with Gasteiger partial charge in [-0.3, -0.25) is 9.59 Å². The van der Waals surface area contributed by atoms with Gasteiger partial charge in [0, 0.05) is 36.1 Å². The monoisotopic (exact) mass is 686 g/mol. The molecule has 0 unspecified atom stereocenters. The minimum absolute atomic E-state index is 0.0213. The number of aromatic hydroxyl groups is 2. The predicted octanol–water partition coefficient (Wildman–Crippen LogP) is 1.12. The molecule has 12 heteroatoms. The molecule has 12 nitrogen and oxygen atoms in total. The van der Waals surface area contributed by atoms with Crippen LogP contribution >= 0.6 is 0 Å². The summed E-state index contributed by atoms with van der Waals surface area (Å²) < 4.78 is 13.0. The number of benzene rings is 2. The maximum absolute atomic E-state index is 13.5. The summed E-state index contributed by atoms with van der Waals surface area (Å²) in [6.45, 7) is 1.55. The SMILES string of the molecule is CN1CC[C@]23c4c5ccc(O)c4O[C@H]2[C@@H](NC(=O)CCC(=O)N[C@H]2CC[C@@]4(O)[C@H]6Cc7ccc(O)c8c7[C@@]4(CCN6C)[C@H]2O8)CC[C@@]3(O)[C@H]1C5. The fourth-order valence-corrected chi connectivity index (χ4v) is 12.6. The molecule has 8 aliphatic rings. The maximum Gasteiger partial charge on any atom is 0.220 e. The Labute approximate surface area is 290 Å². The molecular weight excluding hydrogens is 640 g/mol. The number of nitrogens with one attached hydrogen (secondary N) is 2. The third kappa shape index (κ3) is 3.56. The molecule has 10 atom stereocenters. The number of likely N-dealkylation sites (N-methyl/N-ethyl adjacent to an activating group) is 2. The first kappa shape index (κ1) is 31.2. The normalized spacial score (nSPS) is 41.4. The van der Waals surface area contributed by atoms with Crippen molar-refractivity contribution in [1.29, 1.82) is 0 Å². The second-order valence-electron chi connectivity index (χ2n) is 16.6. The summed E-state index contributed by atoms with van der Waals surface area (Å²) in [7, 11) is 4.11. The van der Waals surface area contributed by atoms with Crippen LogP contribution in [0.5, 0.6) is 23.0 Å². The third-order valence-corrected chi connectivity index (χ3v) is 14.7. The Balaban J connectivity index is 0.851. The zero-order valence-electron chi connectivity index (χ0n) is 28.6. The van der Waals surface area contributed by atoms with Crippen LogP contribution in [0.3, 0.4) is 0 Å². The summed E-state index contributed by atoms with van der Waals surface area (Å²) >= 11 is 0. The van der Waals surface area contributed by atoms with Crippen molar-refractivity contribution in [2.24, 2.45) is 0 Å². The van der Waals surface area contributed by atoms with Gasteiger partial charge in [-0.1, -0.05) is 12.1 Å². The van der Waals surface area contributed by atoms with Crippen molar-refractivity contribution in [2.45, 2.75) is 123 Å². The summed E-state index contributed by atoms with van der Waals surface area (Å²) in [5.41, 5.74) is 0.395. The van der Waals surface area contributed by atoms with Crippen LogP contribution in [0.1, 0.15) is 73.6 Å². The molecule has 4 heterocycles. The minimum Gasteiger partial charge on any atom is -0.504 e. The standard InChI is InChI=1S/C38H46N4O8/c1-41-15-13-35-29-19-3-5-23(43)31(29)49-33(35)21(9-11-37(35,47)25(41)17-19)39-27(45)7-8-28(46)40-22-10-12-38(48)26-18-20-4-6-24(44)32-30(20)36(38,34(22)50-32)14-16-42(26)2/h3-6,21-22,25-26,33-34,43-44,47-48H,7-18H2,1-2H3,(H,39,45)(H,40,46)/t21-,22-,25+,26+,33-,34-,35-,36-,37+,38+/m0/s1. The third-order valence-electron chi connectivity index (χ3n) is 14.7. The lowest BCUT2D eigenvalue weighted by Crippen LogP contribution is -2.77. The van der Waals surface area contributed by atoms with E-state index in [1.54, 1.807) is 12.1 Å². The summed E-state index contributed by atoms with van der Waals surface area (Å²) in [5.74, 6) is 0.437. The van der Waals surface area contributed by atoms with E-state index in [1.165, 1.54) is 0 Å². The average molecular weight is 687 g/mol. The summed E-state index contributed by atoms with van der Waals surface area (Å²) in [4.78, 5) is 31.5. The number of piperidine rings is 2. The molecule has 2 aromatic carbocycles. The van der Waals surface area contributed by atoms with Crippen LogP contribution in [-0.2, 0) is 33.3 Å². The molecule has 266 valence electrons. The van der Waals surface area contributed by atoms with E-state index in [9.17, 15) is 30.0 Å². The van der Waals surface area contributed by atoms with Gasteiger partial charge in [-0.05, 0) is 102 Å². The molecule has 0 aromatic heterocycles. The second kappa shape index (κ2) is 10.1. The van der Waals surface area contributed by atoms with Crippen LogP contribution in [0.2, 0.25) is 0 Å². The van der Waals surface area contributed by atoms with Crippen LogP contribution in [0.4, 0.5) is 0 Å². The Hall–Kier alpha value is -3.58. The number of amides is 2. The Morgan fingerprint density at radius 1 is 0.720 bits per heavy atom. The Morgan fingerprint density at radius 3 is 1.56 bits per heavy atom. The highest BCUT2D eigenvalue weighted by molar-refractivity contribution is 5.84. The van der Waals surface area contributed by atoms with Gasteiger partial charge < -0.3 is 50.3 Å². The molecule has 6 N–H and O–H groups in total. The fourth-order valence-electron chi connectivity index (χ4n) is 12.6. The molecule has 2 saturated carbocycles. The van der Waals surface area contributed by atoms with E-state index in [-0.39, 0.29) is 48.2 Å². The maximum atomic E-state index is 13.5. The fraction of sp³-hybridized carbons (Fsp3) is 0.632. The molecule has 4 aliphatic heterocycles. The van der Waals surface area contributed by atoms with Gasteiger partial charge in [-0.2, -0.15) is 0 Å². The first-order chi connectivity index (χ1) is 23.9. The number of carbonyl (C=O) groups is 2. The Morgan fingerprint density at radius 2 is 1.14 bits per heavy atom. The van der Waals surface area contributed by atoms with Crippen molar-refractivity contribution in [1.82, 2.24) is 20.4 Å². The Bertz CT molecular complexity index is 1720. The topological polar surface area (TPSA) is 164 Å². The van der Waals surface area contributed by atoms with E-state index in [2.05, 4.69) is 34.5 Å². The number of carbonyl (C=O) groups excluding carboxylic acids is 2. The zero-order chi connectivity index (χ0) is 34.5. The van der Waals surface area contributed by atoms with Crippen LogP contribution in [0, 0.1) is 0 Å². The van der Waals surface area contributed by atoms with Crippen molar-refractivity contribution in [3.8, 4) is 23.0 Å². The molecule has 2 amide bonds. The molecule has 4 bridgehead atoms. The van der Waals surface area contributed by atoms with Gasteiger partial charge in [0.2, 0.25) is 11.8 Å². The van der Waals surface area contributed by atoms with E-state index in [0.29, 0.717) is 62.9 Å². The van der Waals surface area contributed by atoms with Gasteiger partial charge >= 0.3 is 0 Å². The number of hydrogen-bond donors (Lipinski definition) is 6. The van der Waals surface area contributed by atoms with Crippen molar-refractivity contribution in [3.05, 3.63) is 46.5 Å². The summed E-state index contributed by atoms with van der Waals surface area (Å²) in [5, 5.41) is 52.8. The molecule has 4 fully saturated rings. The first-order valence-electron chi connectivity index (χ1n) is 18.4. The van der Waals surface area contributed by atoms with Crippen LogP contribution in [0.25, 0.3) is 0 Å². The summed E-state index contributed by atoms with van der Waals surface area (Å²) in [6, 6.07) is 6.27. The molecule has 2 aromatic rings. The lowest BCUT2D eigenvalue weighted by atomic mass is 9.48. The van der Waals surface area contributed by atoms with Crippen molar-refractivity contribution < 1.29 is 39.5 Å². The van der Waals surface area contributed by atoms with Crippen LogP contribution < -0.4 is 20.1 Å². The first-order valence-corrected chi connectivity index (χ1v) is 18.4. The number of hydrogen-bond acceptors (Lipinski definition) is 10. The molecule has 10 rings (SSSR count). The predicted molar refractivity (Wildman–Crippen MR) is 179 cm³/mol. The average Bonchev–Trinajstić information content (AvgIpc) is 3.63. The van der Waals surface area contributed by atoms with E-state index < -0.39 is 46.3 Å². The number of ether oxygens (including phenoxy) is 2. The summed E-state index contributed by atoms with van der Waals surface area (Å²) in [6.07, 6.45) is 3.59. The van der Waals surface area contributed by atoms with Gasteiger partial charge in [0.25, 0.3) is 0 Å². The van der Waals surface area contributed by atoms with Gasteiger partial charge in [0.1, 0.15) is 12.2 Å². The van der Waals surface area contributed by atoms with Crippen LogP contribution in [-0.4, -0.2) is 117 Å². The highest BCUT2D eigenvalue weighted by Gasteiger charge is 2.74. The molecular formula is C38H46N4O8. The molecule has 4 aliphatic carbocycles. The molecule has 50 heavy (non-hydrogen) atoms. The van der Waals surface area contributed by atoms with E-state index in [4.69, 9.17) is 9.47 Å². The number of likely N-dealkylation sites (tertiary alicyclic amines) is 2. The van der Waals surface area contributed by atoms with Crippen molar-refractivity contribution >= 4 is 11.8 Å². The van der Waals surface area contributed by atoms with Crippen molar-refractivity contribution in [3.63, 3.8) is 0 Å². The molecule has 0 radical (unpaired) electrons. The largest absolute Gasteiger partial charge is 0.504 e. The number of phenolic OH excluding ortho intramolecular Hbond substituents is 2. The zero-order valence-corrected chi connectivity index (χ0v) is 28.6. The highest BCUT2D eigenvalue weighted by Crippen LogP contribution is 2.67. The van der Waals surface area contributed by atoms with Gasteiger partial charge in [-0.25, -0.2) is 0 Å². The lowest BCUT2D eigenvalue weighted by Gasteiger charge is -2.63. The van der Waals surface area contributed by atoms with Gasteiger partial charge in [-0.15, -0.1) is 0 Å². The van der Waals surface area contributed by atoms with Crippen LogP contribution in [0.15, 0.2) is 24.3 Å². The van der Waals surface area contributed by atoms with E-state index in [1.807, 2.05) is 12.1 Å². The van der Waals surface area contributed by atoms with Gasteiger partial charge in [0.05, 0.1) is 34.1 Å². The minimum atomic E-state index is -1.05. The Kier molecular flexibility index (Phi) is 6.27. The molecule has 2 spiro atoms. The number of rotatable bonds is 5. The number of nitrogens with zero attached hydrogens (tertiary/aromatic N) is 2. The number of phenols is 2. The highest BCUT2D eigenvalue weighted by atomic mass is 16.5. The van der Waals surface area contributed by atoms with Gasteiger partial charge in [0.15, 0.2) is 23.0 Å². The van der Waals surface area contributed by atoms with Crippen molar-refractivity contribution in [2.75, 3.05) is 27.2 Å². The van der Waals surface area contributed by atoms with E-state index >= 15 is 0 Å². The van der Waals surface area contributed by atoms with E-state index in [0.717, 1.165) is 35.3 Å². The molecule has 2 saturated heterocycles. The number of aliphatic hydroxyl groups is 2. The quantitative estimate of drug-likeness (QED) is 0.269. The second-order valence-corrected chi connectivity index (χ2v) is 16.6. The smallest absolute Gasteiger partial charge is 0.220 e. The lowest BCUT2D eigenvalue weighted by molar-refractivity contribution is -0.187.